The Labute approximate surface area is 169 Å². The topological polar surface area (TPSA) is 70.4 Å². The molecule has 0 atom stereocenters. The highest BCUT2D eigenvalue weighted by molar-refractivity contribution is 7.80. The van der Waals surface area contributed by atoms with Gasteiger partial charge in [0.05, 0.1) is 15.6 Å². The molecule has 0 radical (unpaired) electrons. The molecule has 144 valence electrons. The van der Waals surface area contributed by atoms with Crippen molar-refractivity contribution in [3.8, 4) is 0 Å². The number of nitro groups is 1. The van der Waals surface area contributed by atoms with E-state index in [2.05, 4.69) is 41.5 Å². The van der Waals surface area contributed by atoms with Crippen molar-refractivity contribution in [2.75, 3.05) is 18.4 Å². The molecule has 0 unspecified atom stereocenters. The summed E-state index contributed by atoms with van der Waals surface area (Å²) in [6, 6.07) is 12.4. The standard InChI is InChI=1S/C19H23ClN4O2S/c1-3-23(4-2)13-15-8-6-5-7-14(15)12-21-19(27)22-18-11-16(24(25)26)9-10-17(18)20/h5-11H,3-4,12-13H2,1-2H3,(H2,21,22,27). The third-order valence-electron chi connectivity index (χ3n) is 4.26. The van der Waals surface area contributed by atoms with Gasteiger partial charge in [0.1, 0.15) is 0 Å². The van der Waals surface area contributed by atoms with Gasteiger partial charge in [-0.3, -0.25) is 15.0 Å². The molecule has 0 spiro atoms. The van der Waals surface area contributed by atoms with Crippen LogP contribution in [0.25, 0.3) is 0 Å². The molecule has 2 N–H and O–H groups in total. The van der Waals surface area contributed by atoms with Crippen LogP contribution in [0.5, 0.6) is 0 Å². The van der Waals surface area contributed by atoms with Crippen molar-refractivity contribution in [1.82, 2.24) is 10.2 Å². The van der Waals surface area contributed by atoms with Crippen molar-refractivity contribution in [3.05, 3.63) is 68.7 Å². The van der Waals surface area contributed by atoms with Crippen LogP contribution in [0.3, 0.4) is 0 Å². The van der Waals surface area contributed by atoms with E-state index in [1.54, 1.807) is 0 Å². The number of anilines is 1. The van der Waals surface area contributed by atoms with E-state index in [9.17, 15) is 10.1 Å². The van der Waals surface area contributed by atoms with Crippen molar-refractivity contribution < 1.29 is 4.92 Å². The number of nitrogens with one attached hydrogen (secondary N) is 2. The van der Waals surface area contributed by atoms with Crippen molar-refractivity contribution in [2.45, 2.75) is 26.9 Å². The summed E-state index contributed by atoms with van der Waals surface area (Å²) in [6.07, 6.45) is 0. The SMILES string of the molecule is CCN(CC)Cc1ccccc1CNC(=S)Nc1cc([N+](=O)[O-])ccc1Cl. The van der Waals surface area contributed by atoms with E-state index >= 15 is 0 Å². The zero-order valence-corrected chi connectivity index (χ0v) is 16.9. The van der Waals surface area contributed by atoms with Crippen LogP contribution in [0.15, 0.2) is 42.5 Å². The Bertz CT molecular complexity index is 812. The molecular weight excluding hydrogens is 384 g/mol. The molecule has 8 heteroatoms. The predicted octanol–water partition coefficient (Wildman–Crippen LogP) is 4.58. The lowest BCUT2D eigenvalue weighted by atomic mass is 10.1. The number of rotatable bonds is 8. The summed E-state index contributed by atoms with van der Waals surface area (Å²) in [5, 5.41) is 17.7. The van der Waals surface area contributed by atoms with E-state index < -0.39 is 4.92 Å². The number of nitrogens with zero attached hydrogens (tertiary/aromatic N) is 2. The molecule has 0 heterocycles. The van der Waals surface area contributed by atoms with Gasteiger partial charge in [-0.05, 0) is 42.5 Å². The van der Waals surface area contributed by atoms with Crippen LogP contribution >= 0.6 is 23.8 Å². The van der Waals surface area contributed by atoms with Crippen molar-refractivity contribution in [3.63, 3.8) is 0 Å². The maximum Gasteiger partial charge on any atom is 0.271 e. The summed E-state index contributed by atoms with van der Waals surface area (Å²) >= 11 is 11.4. The van der Waals surface area contributed by atoms with Crippen LogP contribution in [0.2, 0.25) is 5.02 Å². The normalized spacial score (nSPS) is 10.7. The van der Waals surface area contributed by atoms with E-state index in [4.69, 9.17) is 23.8 Å². The lowest BCUT2D eigenvalue weighted by Crippen LogP contribution is -2.29. The molecule has 0 saturated carbocycles. The first-order valence-corrected chi connectivity index (χ1v) is 9.51. The first-order valence-electron chi connectivity index (χ1n) is 8.72. The molecule has 2 aromatic carbocycles. The second-order valence-electron chi connectivity index (χ2n) is 5.96. The number of hydrogen-bond donors (Lipinski definition) is 2. The van der Waals surface area contributed by atoms with E-state index in [0.717, 1.165) is 25.2 Å². The van der Waals surface area contributed by atoms with Crippen molar-refractivity contribution in [2.24, 2.45) is 0 Å². The fourth-order valence-electron chi connectivity index (χ4n) is 2.64. The maximum atomic E-state index is 10.9. The van der Waals surface area contributed by atoms with E-state index in [-0.39, 0.29) is 5.69 Å². The Morgan fingerprint density at radius 1 is 1.19 bits per heavy atom. The minimum absolute atomic E-state index is 0.0470. The van der Waals surface area contributed by atoms with Gasteiger partial charge in [-0.25, -0.2) is 0 Å². The number of nitro benzene ring substituents is 1. The monoisotopic (exact) mass is 406 g/mol. The smallest absolute Gasteiger partial charge is 0.271 e. The summed E-state index contributed by atoms with van der Waals surface area (Å²) < 4.78 is 0. The van der Waals surface area contributed by atoms with Crippen LogP contribution in [0.1, 0.15) is 25.0 Å². The number of halogens is 1. The van der Waals surface area contributed by atoms with Gasteiger partial charge in [0.15, 0.2) is 5.11 Å². The van der Waals surface area contributed by atoms with Gasteiger partial charge in [0.2, 0.25) is 0 Å². The number of benzene rings is 2. The zero-order chi connectivity index (χ0) is 19.8. The maximum absolute atomic E-state index is 10.9. The molecule has 0 aliphatic heterocycles. The Morgan fingerprint density at radius 2 is 1.85 bits per heavy atom. The molecule has 6 nitrogen and oxygen atoms in total. The highest BCUT2D eigenvalue weighted by Gasteiger charge is 2.11. The average Bonchev–Trinajstić information content (AvgIpc) is 2.66. The molecule has 0 aromatic heterocycles. The van der Waals surface area contributed by atoms with Crippen LogP contribution in [-0.2, 0) is 13.1 Å². The Balaban J connectivity index is 2.02. The minimum atomic E-state index is -0.471. The van der Waals surface area contributed by atoms with Gasteiger partial charge < -0.3 is 10.6 Å². The molecule has 0 bridgehead atoms. The quantitative estimate of drug-likeness (QED) is 0.380. The highest BCUT2D eigenvalue weighted by Crippen LogP contribution is 2.26. The summed E-state index contributed by atoms with van der Waals surface area (Å²) in [7, 11) is 0. The second kappa shape index (κ2) is 10.2. The second-order valence-corrected chi connectivity index (χ2v) is 6.77. The molecule has 0 aliphatic carbocycles. The van der Waals surface area contributed by atoms with Crippen molar-refractivity contribution >= 4 is 40.3 Å². The number of thiocarbonyl (C=S) groups is 1. The lowest BCUT2D eigenvalue weighted by molar-refractivity contribution is -0.384. The summed E-state index contributed by atoms with van der Waals surface area (Å²) in [5.74, 6) is 0. The largest absolute Gasteiger partial charge is 0.358 e. The molecule has 27 heavy (non-hydrogen) atoms. The highest BCUT2D eigenvalue weighted by atomic mass is 35.5. The molecular formula is C19H23ClN4O2S. The van der Waals surface area contributed by atoms with E-state index in [1.165, 1.54) is 23.8 Å². The van der Waals surface area contributed by atoms with Crippen LogP contribution in [0, 0.1) is 10.1 Å². The zero-order valence-electron chi connectivity index (χ0n) is 15.4. The first-order chi connectivity index (χ1) is 12.9. The van der Waals surface area contributed by atoms with Gasteiger partial charge in [-0.15, -0.1) is 0 Å². The van der Waals surface area contributed by atoms with Gasteiger partial charge in [-0.2, -0.15) is 0 Å². The van der Waals surface area contributed by atoms with Gasteiger partial charge in [0.25, 0.3) is 5.69 Å². The summed E-state index contributed by atoms with van der Waals surface area (Å²) in [6.45, 7) is 7.70. The van der Waals surface area contributed by atoms with Gasteiger partial charge >= 0.3 is 0 Å². The van der Waals surface area contributed by atoms with Gasteiger partial charge in [0, 0.05) is 25.2 Å². The number of non-ortho nitro benzene ring substituents is 1. The van der Waals surface area contributed by atoms with E-state index in [0.29, 0.717) is 22.4 Å². The first kappa shape index (κ1) is 21.1. The fraction of sp³-hybridized carbons (Fsp3) is 0.316. The predicted molar refractivity (Wildman–Crippen MR) is 114 cm³/mol. The summed E-state index contributed by atoms with van der Waals surface area (Å²) in [4.78, 5) is 12.8. The average molecular weight is 407 g/mol. The Kier molecular flexibility index (Phi) is 7.97. The van der Waals surface area contributed by atoms with Gasteiger partial charge in [-0.1, -0.05) is 49.7 Å². The molecule has 0 fully saturated rings. The minimum Gasteiger partial charge on any atom is -0.358 e. The fourth-order valence-corrected chi connectivity index (χ4v) is 2.98. The van der Waals surface area contributed by atoms with Crippen LogP contribution in [0.4, 0.5) is 11.4 Å². The Morgan fingerprint density at radius 3 is 2.48 bits per heavy atom. The molecule has 2 rings (SSSR count). The molecule has 0 saturated heterocycles. The number of hydrogen-bond acceptors (Lipinski definition) is 4. The Hall–Kier alpha value is -2.22. The third-order valence-corrected chi connectivity index (χ3v) is 4.83. The molecule has 0 aliphatic rings. The lowest BCUT2D eigenvalue weighted by Gasteiger charge is -2.20. The van der Waals surface area contributed by atoms with E-state index in [1.807, 2.05) is 12.1 Å². The third kappa shape index (κ3) is 6.16. The summed E-state index contributed by atoms with van der Waals surface area (Å²) in [5.41, 5.74) is 2.75. The molecule has 2 aromatic rings. The van der Waals surface area contributed by atoms with Crippen LogP contribution < -0.4 is 10.6 Å². The van der Waals surface area contributed by atoms with Crippen molar-refractivity contribution in [1.29, 1.82) is 0 Å². The molecule has 0 amide bonds. The van der Waals surface area contributed by atoms with Crippen LogP contribution in [-0.4, -0.2) is 28.0 Å².